The Kier molecular flexibility index (Phi) is 4.50. The second-order valence-corrected chi connectivity index (χ2v) is 7.24. The van der Waals surface area contributed by atoms with Crippen molar-refractivity contribution in [2.75, 3.05) is 33.2 Å². The van der Waals surface area contributed by atoms with E-state index in [1.165, 1.54) is 0 Å². The number of benzene rings is 1. The Morgan fingerprint density at radius 2 is 1.89 bits per heavy atom. The predicted molar refractivity (Wildman–Crippen MR) is 77.1 cm³/mol. The van der Waals surface area contributed by atoms with Gasteiger partial charge < -0.3 is 4.90 Å². The van der Waals surface area contributed by atoms with Crippen LogP contribution in [0.4, 0.5) is 0 Å². The monoisotopic (exact) mass is 302 g/mol. The van der Waals surface area contributed by atoms with E-state index >= 15 is 0 Å². The fraction of sp³-hybridized carbons (Fsp3) is 0.538. The van der Waals surface area contributed by atoms with Crippen molar-refractivity contribution >= 4 is 21.6 Å². The largest absolute Gasteiger partial charge is 0.305 e. The molecule has 0 aromatic heterocycles. The van der Waals surface area contributed by atoms with E-state index in [0.29, 0.717) is 28.6 Å². The van der Waals surface area contributed by atoms with Crippen LogP contribution >= 0.6 is 11.6 Å². The quantitative estimate of drug-likeness (QED) is 0.839. The Morgan fingerprint density at radius 1 is 1.16 bits per heavy atom. The standard InChI is InChI=1S/C13H19ClN2O2S/c1-11-12(14)5-3-6-13(11)19(17,18)16-8-4-7-15(2)9-10-16/h3,5-6H,4,7-10H2,1-2H3. The highest BCUT2D eigenvalue weighted by molar-refractivity contribution is 7.89. The SMILES string of the molecule is Cc1c(Cl)cccc1S(=O)(=O)N1CCCN(C)CC1. The second kappa shape index (κ2) is 5.79. The third-order valence-electron chi connectivity index (χ3n) is 3.51. The molecule has 0 bridgehead atoms. The lowest BCUT2D eigenvalue weighted by atomic mass is 10.2. The van der Waals surface area contributed by atoms with Crippen LogP contribution in [0.2, 0.25) is 5.02 Å². The molecule has 1 aliphatic rings. The number of halogens is 1. The van der Waals surface area contributed by atoms with Gasteiger partial charge in [0.1, 0.15) is 0 Å². The lowest BCUT2D eigenvalue weighted by molar-refractivity contribution is 0.347. The summed E-state index contributed by atoms with van der Waals surface area (Å²) in [5, 5.41) is 0.494. The molecule has 1 fully saturated rings. The van der Waals surface area contributed by atoms with Crippen LogP contribution in [0.25, 0.3) is 0 Å². The van der Waals surface area contributed by atoms with Crippen LogP contribution in [0.3, 0.4) is 0 Å². The minimum absolute atomic E-state index is 0.324. The second-order valence-electron chi connectivity index (χ2n) is 4.92. The molecule has 0 atom stereocenters. The van der Waals surface area contributed by atoms with Crippen molar-refractivity contribution in [3.63, 3.8) is 0 Å². The van der Waals surface area contributed by atoms with E-state index in [0.717, 1.165) is 19.5 Å². The smallest absolute Gasteiger partial charge is 0.243 e. The molecular weight excluding hydrogens is 284 g/mol. The van der Waals surface area contributed by atoms with E-state index in [1.54, 1.807) is 29.4 Å². The number of likely N-dealkylation sites (N-methyl/N-ethyl adjacent to an activating group) is 1. The molecule has 0 spiro atoms. The van der Waals surface area contributed by atoms with E-state index in [-0.39, 0.29) is 0 Å². The van der Waals surface area contributed by atoms with Crippen molar-refractivity contribution < 1.29 is 8.42 Å². The molecule has 1 aliphatic heterocycles. The van der Waals surface area contributed by atoms with Gasteiger partial charge in [-0.1, -0.05) is 17.7 Å². The fourth-order valence-corrected chi connectivity index (χ4v) is 4.22. The van der Waals surface area contributed by atoms with E-state index in [2.05, 4.69) is 4.90 Å². The molecule has 1 saturated heterocycles. The van der Waals surface area contributed by atoms with E-state index in [9.17, 15) is 8.42 Å². The highest BCUT2D eigenvalue weighted by Crippen LogP contribution is 2.26. The van der Waals surface area contributed by atoms with Gasteiger partial charge in [-0.2, -0.15) is 4.31 Å². The Bertz CT molecular complexity index is 560. The molecule has 1 heterocycles. The summed E-state index contributed by atoms with van der Waals surface area (Å²) in [7, 11) is -1.43. The molecule has 0 amide bonds. The first-order chi connectivity index (χ1) is 8.93. The van der Waals surface area contributed by atoms with Gasteiger partial charge in [0.2, 0.25) is 10.0 Å². The van der Waals surface area contributed by atoms with E-state index < -0.39 is 10.0 Å². The van der Waals surface area contributed by atoms with Crippen molar-refractivity contribution in [1.29, 1.82) is 0 Å². The number of nitrogens with zero attached hydrogens (tertiary/aromatic N) is 2. The third kappa shape index (κ3) is 3.11. The third-order valence-corrected chi connectivity index (χ3v) is 5.97. The van der Waals surface area contributed by atoms with Gasteiger partial charge >= 0.3 is 0 Å². The molecule has 6 heteroatoms. The molecule has 0 saturated carbocycles. The summed E-state index contributed by atoms with van der Waals surface area (Å²) in [5.74, 6) is 0. The molecule has 106 valence electrons. The minimum Gasteiger partial charge on any atom is -0.305 e. The molecule has 2 rings (SSSR count). The molecular formula is C13H19ClN2O2S. The van der Waals surface area contributed by atoms with Gasteiger partial charge in [0, 0.05) is 24.7 Å². The number of hydrogen-bond acceptors (Lipinski definition) is 3. The Labute approximate surface area is 120 Å². The Balaban J connectivity index is 2.34. The van der Waals surface area contributed by atoms with Crippen LogP contribution in [-0.4, -0.2) is 50.8 Å². The molecule has 0 N–H and O–H groups in total. The molecule has 19 heavy (non-hydrogen) atoms. The van der Waals surface area contributed by atoms with Crippen molar-refractivity contribution in [1.82, 2.24) is 9.21 Å². The summed E-state index contributed by atoms with van der Waals surface area (Å²) in [6, 6.07) is 5.03. The Morgan fingerprint density at radius 3 is 2.63 bits per heavy atom. The van der Waals surface area contributed by atoms with Crippen LogP contribution in [0, 0.1) is 6.92 Å². The van der Waals surface area contributed by atoms with Crippen LogP contribution in [-0.2, 0) is 10.0 Å². The van der Waals surface area contributed by atoms with Gasteiger partial charge in [-0.15, -0.1) is 0 Å². The first-order valence-electron chi connectivity index (χ1n) is 6.37. The summed E-state index contributed by atoms with van der Waals surface area (Å²) in [6.07, 6.45) is 0.856. The zero-order valence-electron chi connectivity index (χ0n) is 11.3. The first kappa shape index (κ1) is 14.8. The topological polar surface area (TPSA) is 40.6 Å². The maximum Gasteiger partial charge on any atom is 0.243 e. The number of sulfonamides is 1. The van der Waals surface area contributed by atoms with Gasteiger partial charge in [-0.05, 0) is 44.6 Å². The lowest BCUT2D eigenvalue weighted by Crippen LogP contribution is -2.34. The van der Waals surface area contributed by atoms with Crippen molar-refractivity contribution in [2.45, 2.75) is 18.2 Å². The zero-order valence-corrected chi connectivity index (χ0v) is 12.8. The first-order valence-corrected chi connectivity index (χ1v) is 8.18. The van der Waals surface area contributed by atoms with Gasteiger partial charge in [-0.25, -0.2) is 8.42 Å². The molecule has 1 aromatic carbocycles. The Hall–Kier alpha value is -0.620. The van der Waals surface area contributed by atoms with Crippen LogP contribution in [0.1, 0.15) is 12.0 Å². The van der Waals surface area contributed by atoms with Crippen molar-refractivity contribution in [3.05, 3.63) is 28.8 Å². The van der Waals surface area contributed by atoms with Gasteiger partial charge in [0.05, 0.1) is 4.90 Å². The molecule has 0 radical (unpaired) electrons. The summed E-state index contributed by atoms with van der Waals surface area (Å²) < 4.78 is 26.9. The summed E-state index contributed by atoms with van der Waals surface area (Å²) in [5.41, 5.74) is 0.627. The summed E-state index contributed by atoms with van der Waals surface area (Å²) >= 11 is 6.02. The highest BCUT2D eigenvalue weighted by Gasteiger charge is 2.27. The lowest BCUT2D eigenvalue weighted by Gasteiger charge is -2.21. The van der Waals surface area contributed by atoms with Gasteiger partial charge in [-0.3, -0.25) is 0 Å². The van der Waals surface area contributed by atoms with Gasteiger partial charge in [0.15, 0.2) is 0 Å². The molecule has 0 unspecified atom stereocenters. The normalized spacial score (nSPS) is 19.3. The minimum atomic E-state index is -3.44. The predicted octanol–water partition coefficient (Wildman–Crippen LogP) is 1.97. The average molecular weight is 303 g/mol. The average Bonchev–Trinajstić information content (AvgIpc) is 2.57. The zero-order chi connectivity index (χ0) is 14.0. The van der Waals surface area contributed by atoms with Crippen LogP contribution in [0.15, 0.2) is 23.1 Å². The van der Waals surface area contributed by atoms with Crippen molar-refractivity contribution in [2.24, 2.45) is 0 Å². The fourth-order valence-electron chi connectivity index (χ4n) is 2.27. The van der Waals surface area contributed by atoms with Crippen LogP contribution in [0.5, 0.6) is 0 Å². The molecule has 1 aromatic rings. The van der Waals surface area contributed by atoms with Gasteiger partial charge in [0.25, 0.3) is 0 Å². The molecule has 0 aliphatic carbocycles. The molecule has 4 nitrogen and oxygen atoms in total. The van der Waals surface area contributed by atoms with E-state index in [1.807, 2.05) is 7.05 Å². The number of rotatable bonds is 2. The number of hydrogen-bond donors (Lipinski definition) is 0. The van der Waals surface area contributed by atoms with E-state index in [4.69, 9.17) is 11.6 Å². The maximum absolute atomic E-state index is 12.7. The maximum atomic E-state index is 12.7. The summed E-state index contributed by atoms with van der Waals surface area (Å²) in [4.78, 5) is 2.48. The van der Waals surface area contributed by atoms with Crippen LogP contribution < -0.4 is 0 Å². The highest BCUT2D eigenvalue weighted by atomic mass is 35.5. The summed E-state index contributed by atoms with van der Waals surface area (Å²) in [6.45, 7) is 4.54. The van der Waals surface area contributed by atoms with Crippen molar-refractivity contribution in [3.8, 4) is 0 Å².